The van der Waals surface area contributed by atoms with E-state index < -0.39 is 0 Å². The van der Waals surface area contributed by atoms with Gasteiger partial charge >= 0.3 is 0 Å². The molecule has 2 aromatic carbocycles. The summed E-state index contributed by atoms with van der Waals surface area (Å²) >= 11 is 4.50. The van der Waals surface area contributed by atoms with E-state index in [1.807, 2.05) is 36.4 Å². The second kappa shape index (κ2) is 11.9. The van der Waals surface area contributed by atoms with E-state index in [0.29, 0.717) is 13.1 Å². The van der Waals surface area contributed by atoms with Crippen LogP contribution in [0.15, 0.2) is 41.4 Å². The Balaban J connectivity index is 0.000000263. The molecule has 0 aliphatic rings. The monoisotopic (exact) mass is 376 g/mol. The SMILES string of the molecule is COc1ccc(CN)c(OC)c1.COc1ccc(CN=C=S)c(OC)c1. The highest BCUT2D eigenvalue weighted by molar-refractivity contribution is 7.78. The number of isothiocyanates is 1. The number of benzene rings is 2. The third kappa shape index (κ3) is 6.37. The number of aliphatic imine (C=N–C) groups is 1. The van der Waals surface area contributed by atoms with E-state index >= 15 is 0 Å². The fourth-order valence-electron chi connectivity index (χ4n) is 2.12. The number of thiocarbonyl (C=S) groups is 1. The van der Waals surface area contributed by atoms with Crippen LogP contribution in [0.5, 0.6) is 23.0 Å². The zero-order valence-electron chi connectivity index (χ0n) is 15.4. The van der Waals surface area contributed by atoms with Gasteiger partial charge in [-0.2, -0.15) is 0 Å². The molecule has 0 atom stereocenters. The number of methoxy groups -OCH3 is 4. The van der Waals surface area contributed by atoms with Crippen LogP contribution < -0.4 is 24.7 Å². The molecule has 26 heavy (non-hydrogen) atoms. The van der Waals surface area contributed by atoms with Crippen molar-refractivity contribution in [2.24, 2.45) is 10.7 Å². The molecule has 2 aromatic rings. The predicted molar refractivity (Wildman–Crippen MR) is 106 cm³/mol. The second-order valence-electron chi connectivity index (χ2n) is 4.97. The molecule has 0 spiro atoms. The van der Waals surface area contributed by atoms with Crippen LogP contribution in [0, 0.1) is 0 Å². The zero-order valence-corrected chi connectivity index (χ0v) is 16.3. The summed E-state index contributed by atoms with van der Waals surface area (Å²) < 4.78 is 20.4. The van der Waals surface area contributed by atoms with Gasteiger partial charge in [0.1, 0.15) is 23.0 Å². The topological polar surface area (TPSA) is 75.3 Å². The van der Waals surface area contributed by atoms with Gasteiger partial charge in [-0.1, -0.05) is 6.07 Å². The Morgan fingerprint density at radius 1 is 0.846 bits per heavy atom. The van der Waals surface area contributed by atoms with Crippen molar-refractivity contribution in [3.8, 4) is 23.0 Å². The highest BCUT2D eigenvalue weighted by Gasteiger charge is 2.03. The largest absolute Gasteiger partial charge is 0.497 e. The minimum Gasteiger partial charge on any atom is -0.497 e. The molecule has 0 bridgehead atoms. The van der Waals surface area contributed by atoms with Gasteiger partial charge in [0.2, 0.25) is 0 Å². The van der Waals surface area contributed by atoms with Crippen LogP contribution in [-0.2, 0) is 13.1 Å². The average molecular weight is 376 g/mol. The normalized spacial score (nSPS) is 9.27. The molecule has 7 heteroatoms. The van der Waals surface area contributed by atoms with Crippen LogP contribution in [0.2, 0.25) is 0 Å². The minimum atomic E-state index is 0.479. The molecule has 0 saturated carbocycles. The molecule has 0 aliphatic heterocycles. The summed E-state index contributed by atoms with van der Waals surface area (Å²) in [6.07, 6.45) is 0. The van der Waals surface area contributed by atoms with Gasteiger partial charge in [0.15, 0.2) is 0 Å². The Morgan fingerprint density at radius 2 is 1.35 bits per heavy atom. The maximum absolute atomic E-state index is 5.50. The van der Waals surface area contributed by atoms with Crippen LogP contribution >= 0.6 is 12.2 Å². The molecular weight excluding hydrogens is 352 g/mol. The fourth-order valence-corrected chi connectivity index (χ4v) is 2.18. The summed E-state index contributed by atoms with van der Waals surface area (Å²) in [6, 6.07) is 11.2. The van der Waals surface area contributed by atoms with Crippen molar-refractivity contribution in [3.63, 3.8) is 0 Å². The molecule has 6 nitrogen and oxygen atoms in total. The van der Waals surface area contributed by atoms with Gasteiger partial charge in [-0.25, -0.2) is 4.99 Å². The maximum atomic E-state index is 5.50. The van der Waals surface area contributed by atoms with Gasteiger partial charge in [0, 0.05) is 29.8 Å². The van der Waals surface area contributed by atoms with Crippen molar-refractivity contribution in [2.75, 3.05) is 28.4 Å². The molecule has 0 radical (unpaired) electrons. The smallest absolute Gasteiger partial charge is 0.127 e. The molecule has 0 unspecified atom stereocenters. The Hall–Kier alpha value is -2.60. The lowest BCUT2D eigenvalue weighted by Crippen LogP contribution is -1.99. The number of nitrogens with two attached hydrogens (primary N) is 1. The van der Waals surface area contributed by atoms with Crippen LogP contribution in [0.3, 0.4) is 0 Å². The molecule has 0 aromatic heterocycles. The first-order chi connectivity index (χ1) is 12.6. The molecule has 0 aliphatic carbocycles. The molecule has 0 heterocycles. The van der Waals surface area contributed by atoms with Gasteiger partial charge < -0.3 is 24.7 Å². The standard InChI is InChI=1S/C10H11NO2S.C9H13NO2/c1-12-9-4-3-8(6-11-7-14)10(5-9)13-2;1-11-8-4-3-7(6-10)9(5-8)12-2/h3-5H,6H2,1-2H3;3-5H,6,10H2,1-2H3. The first-order valence-corrected chi connectivity index (χ1v) is 8.19. The van der Waals surface area contributed by atoms with Crippen molar-refractivity contribution in [1.29, 1.82) is 0 Å². The van der Waals surface area contributed by atoms with Gasteiger partial charge in [0.25, 0.3) is 0 Å². The third-order valence-electron chi connectivity index (χ3n) is 3.52. The van der Waals surface area contributed by atoms with E-state index in [0.717, 1.165) is 34.1 Å². The van der Waals surface area contributed by atoms with E-state index in [9.17, 15) is 0 Å². The van der Waals surface area contributed by atoms with Gasteiger partial charge in [0.05, 0.1) is 40.1 Å². The molecule has 0 amide bonds. The molecule has 0 saturated heterocycles. The third-order valence-corrected chi connectivity index (χ3v) is 3.65. The van der Waals surface area contributed by atoms with Crippen LogP contribution in [-0.4, -0.2) is 33.6 Å². The number of nitrogens with zero attached hydrogens (tertiary/aromatic N) is 1. The summed E-state index contributed by atoms with van der Waals surface area (Å²) in [5, 5.41) is 2.32. The molecule has 0 fully saturated rings. The predicted octanol–water partition coefficient (Wildman–Crippen LogP) is 3.47. The van der Waals surface area contributed by atoms with Crippen LogP contribution in [0.1, 0.15) is 11.1 Å². The Bertz CT molecular complexity index is 746. The lowest BCUT2D eigenvalue weighted by Gasteiger charge is -2.07. The molecular formula is C19H24N2O4S. The number of rotatable bonds is 7. The van der Waals surface area contributed by atoms with Crippen molar-refractivity contribution in [1.82, 2.24) is 0 Å². The van der Waals surface area contributed by atoms with Crippen molar-refractivity contribution in [2.45, 2.75) is 13.1 Å². The number of ether oxygens (including phenoxy) is 4. The van der Waals surface area contributed by atoms with E-state index in [4.69, 9.17) is 24.7 Å². The van der Waals surface area contributed by atoms with Gasteiger partial charge in [-0.3, -0.25) is 0 Å². The average Bonchev–Trinajstić information content (AvgIpc) is 2.71. The van der Waals surface area contributed by atoms with E-state index in [1.165, 1.54) is 0 Å². The summed E-state index contributed by atoms with van der Waals surface area (Å²) in [6.45, 7) is 0.962. The maximum Gasteiger partial charge on any atom is 0.127 e. The minimum absolute atomic E-state index is 0.479. The summed E-state index contributed by atoms with van der Waals surface area (Å²) in [5.41, 5.74) is 7.45. The van der Waals surface area contributed by atoms with Crippen molar-refractivity contribution < 1.29 is 18.9 Å². The summed E-state index contributed by atoms with van der Waals surface area (Å²) in [4.78, 5) is 3.85. The Labute approximate surface area is 159 Å². The first-order valence-electron chi connectivity index (χ1n) is 7.78. The van der Waals surface area contributed by atoms with Crippen LogP contribution in [0.25, 0.3) is 0 Å². The quantitative estimate of drug-likeness (QED) is 0.589. The van der Waals surface area contributed by atoms with Gasteiger partial charge in [-0.15, -0.1) is 0 Å². The lowest BCUT2D eigenvalue weighted by molar-refractivity contribution is 0.391. The summed E-state index contributed by atoms with van der Waals surface area (Å²) in [7, 11) is 6.47. The van der Waals surface area contributed by atoms with E-state index in [-0.39, 0.29) is 0 Å². The molecule has 2 rings (SSSR count). The van der Waals surface area contributed by atoms with Gasteiger partial charge in [-0.05, 0) is 30.4 Å². The number of hydrogen-bond acceptors (Lipinski definition) is 7. The van der Waals surface area contributed by atoms with Crippen molar-refractivity contribution in [3.05, 3.63) is 47.5 Å². The zero-order chi connectivity index (χ0) is 19.4. The molecule has 140 valence electrons. The van der Waals surface area contributed by atoms with Crippen LogP contribution in [0.4, 0.5) is 0 Å². The Morgan fingerprint density at radius 3 is 1.77 bits per heavy atom. The summed E-state index contributed by atoms with van der Waals surface area (Å²) in [5.74, 6) is 3.07. The van der Waals surface area contributed by atoms with E-state index in [2.05, 4.69) is 22.4 Å². The first kappa shape index (κ1) is 21.4. The highest BCUT2D eigenvalue weighted by atomic mass is 32.1. The second-order valence-corrected chi connectivity index (χ2v) is 5.15. The Kier molecular flexibility index (Phi) is 9.79. The highest BCUT2D eigenvalue weighted by Crippen LogP contribution is 2.25. The van der Waals surface area contributed by atoms with E-state index in [1.54, 1.807) is 28.4 Å². The molecule has 2 N–H and O–H groups in total. The number of hydrogen-bond donors (Lipinski definition) is 1. The lowest BCUT2D eigenvalue weighted by atomic mass is 10.2. The fraction of sp³-hybridized carbons (Fsp3) is 0.316. The van der Waals surface area contributed by atoms with Crippen molar-refractivity contribution >= 4 is 17.4 Å².